The van der Waals surface area contributed by atoms with Crippen LogP contribution in [0.3, 0.4) is 0 Å². The molecule has 0 fully saturated rings. The molecule has 0 amide bonds. The quantitative estimate of drug-likeness (QED) is 0.234. The number of hydrogen-bond acceptors (Lipinski definition) is 5. The summed E-state index contributed by atoms with van der Waals surface area (Å²) in [4.78, 5) is 0. The highest BCUT2D eigenvalue weighted by molar-refractivity contribution is 7.86. The number of terminal acetylenes is 5. The average molecular weight is 391 g/mol. The molecular weight excluding hydrogens is 375 g/mol. The number of halogens is 5. The molecule has 0 radical (unpaired) electrons. The van der Waals surface area contributed by atoms with E-state index in [-0.39, 0.29) is 23.5 Å². The first-order valence-electron chi connectivity index (χ1n) is 2.56. The van der Waals surface area contributed by atoms with Gasteiger partial charge in [-0.15, -0.1) is 32.1 Å². The van der Waals surface area contributed by atoms with Crippen molar-refractivity contribution in [2.45, 2.75) is 0 Å². The van der Waals surface area contributed by atoms with Crippen molar-refractivity contribution < 1.29 is 23.5 Å². The zero-order chi connectivity index (χ0) is 13.5. The minimum atomic E-state index is 0. The standard InChI is InChI=1S/5C2H2S.5FH/c5*1-2-3;;;;;/h5*1,3H;5*1H. The molecule has 0 aliphatic heterocycles. The van der Waals surface area contributed by atoms with Crippen LogP contribution < -0.4 is 0 Å². The second kappa shape index (κ2) is 305. The second-order valence-electron chi connectivity index (χ2n) is 0.645. The van der Waals surface area contributed by atoms with Crippen LogP contribution in [-0.2, 0) is 0 Å². The van der Waals surface area contributed by atoms with E-state index in [1.54, 1.807) is 0 Å². The summed E-state index contributed by atoms with van der Waals surface area (Å²) in [5.74, 6) is 0. The van der Waals surface area contributed by atoms with E-state index in [9.17, 15) is 0 Å². The van der Waals surface area contributed by atoms with Crippen molar-refractivity contribution in [3.8, 4) is 58.4 Å². The first kappa shape index (κ1) is 75.1. The minimum absolute atomic E-state index is 0. The largest absolute Gasteiger partial charge is 0.269 e. The Morgan fingerprint density at radius 1 is 0.350 bits per heavy atom. The van der Waals surface area contributed by atoms with E-state index >= 15 is 0 Å². The van der Waals surface area contributed by atoms with Gasteiger partial charge in [-0.25, -0.2) is 0 Å². The van der Waals surface area contributed by atoms with Gasteiger partial charge in [0, 0.05) is 0 Å². The maximum Gasteiger partial charge on any atom is -0.0413 e. The molecule has 0 aromatic rings. The molecule has 0 atom stereocenters. The fourth-order valence-electron chi connectivity index (χ4n) is 0. The predicted molar refractivity (Wildman–Crippen MR) is 102 cm³/mol. The third-order valence-electron chi connectivity index (χ3n) is 0. The fourth-order valence-corrected chi connectivity index (χ4v) is 0. The van der Waals surface area contributed by atoms with Crippen molar-refractivity contribution in [3.05, 3.63) is 0 Å². The Morgan fingerprint density at radius 3 is 0.350 bits per heavy atom. The van der Waals surface area contributed by atoms with E-state index in [0.717, 1.165) is 0 Å². The Bertz CT molecular complexity index is 207. The molecule has 0 aromatic carbocycles. The third-order valence-corrected chi connectivity index (χ3v) is 0. The maximum absolute atomic E-state index is 4.46. The topological polar surface area (TPSA) is 0 Å². The lowest BCUT2D eigenvalue weighted by molar-refractivity contribution is 1.11. The predicted octanol–water partition coefficient (Wildman–Crippen LogP) is 3.30. The molecule has 20 heavy (non-hydrogen) atoms. The van der Waals surface area contributed by atoms with Crippen LogP contribution in [0.2, 0.25) is 0 Å². The van der Waals surface area contributed by atoms with E-state index in [1.165, 1.54) is 0 Å². The molecule has 0 saturated heterocycles. The van der Waals surface area contributed by atoms with E-state index in [1.807, 2.05) is 26.3 Å². The Hall–Kier alpha value is -0.800. The van der Waals surface area contributed by atoms with Crippen LogP contribution in [0.15, 0.2) is 0 Å². The second-order valence-corrected chi connectivity index (χ2v) is 1.94. The summed E-state index contributed by atoms with van der Waals surface area (Å²) < 4.78 is 0. The summed E-state index contributed by atoms with van der Waals surface area (Å²) >= 11 is 16.6. The van der Waals surface area contributed by atoms with Gasteiger partial charge in [0.2, 0.25) is 0 Å². The van der Waals surface area contributed by atoms with Crippen LogP contribution in [0.1, 0.15) is 0 Å². The Kier molecular flexibility index (Phi) is 1150. The van der Waals surface area contributed by atoms with Crippen LogP contribution >= 0.6 is 63.1 Å². The molecule has 0 unspecified atom stereocenters. The molecule has 10 heteroatoms. The third kappa shape index (κ3) is 7050. The van der Waals surface area contributed by atoms with Crippen molar-refractivity contribution in [1.82, 2.24) is 0 Å². The van der Waals surface area contributed by atoms with Crippen molar-refractivity contribution in [2.24, 2.45) is 0 Å². The lowest BCUT2D eigenvalue weighted by atomic mass is 11.4. The van der Waals surface area contributed by atoms with Crippen LogP contribution in [0.5, 0.6) is 0 Å². The Labute approximate surface area is 144 Å². The molecule has 0 N–H and O–H groups in total. The van der Waals surface area contributed by atoms with Gasteiger partial charge in [0.15, 0.2) is 0 Å². The van der Waals surface area contributed by atoms with Gasteiger partial charge < -0.3 is 0 Å². The monoisotopic (exact) mass is 390 g/mol. The molecule has 0 aromatic heterocycles. The number of rotatable bonds is 0. The SMILES string of the molecule is C#CS.C#CS.C#CS.C#CS.C#CS.F.F.F.F.F. The minimum Gasteiger partial charge on any atom is -0.269 e. The highest BCUT2D eigenvalue weighted by atomic mass is 32.1. The summed E-state index contributed by atoms with van der Waals surface area (Å²) in [6, 6.07) is 0. The molecule has 0 aliphatic carbocycles. The molecule has 0 heterocycles. The first-order chi connectivity index (χ1) is 7.07. The normalized spacial score (nSPS) is 2.00. The van der Waals surface area contributed by atoms with E-state index < -0.39 is 0 Å². The van der Waals surface area contributed by atoms with Crippen molar-refractivity contribution in [3.63, 3.8) is 0 Å². The summed E-state index contributed by atoms with van der Waals surface area (Å²) in [6.45, 7) is 0. The highest BCUT2D eigenvalue weighted by Crippen LogP contribution is 1.47. The first-order valence-corrected chi connectivity index (χ1v) is 4.80. The molecule has 0 aliphatic rings. The molecule has 0 rings (SSSR count). The van der Waals surface area contributed by atoms with Crippen LogP contribution in [-0.4, -0.2) is 0 Å². The van der Waals surface area contributed by atoms with Gasteiger partial charge in [0.1, 0.15) is 0 Å². The van der Waals surface area contributed by atoms with E-state index in [0.29, 0.717) is 0 Å². The van der Waals surface area contributed by atoms with E-state index in [2.05, 4.69) is 95.3 Å². The molecule has 0 spiro atoms. The zero-order valence-corrected chi connectivity index (χ0v) is 14.1. The van der Waals surface area contributed by atoms with Crippen LogP contribution in [0, 0.1) is 58.4 Å². The number of thiol groups is 5. The van der Waals surface area contributed by atoms with Crippen molar-refractivity contribution >= 4 is 63.1 Å². The highest BCUT2D eigenvalue weighted by Gasteiger charge is 1.10. The average Bonchev–Trinajstić information content (AvgIpc) is 2.09. The van der Waals surface area contributed by atoms with Gasteiger partial charge in [-0.1, -0.05) is 63.1 Å². The molecule has 0 saturated carbocycles. The fraction of sp³-hybridized carbons (Fsp3) is 0. The van der Waals surface area contributed by atoms with Crippen LogP contribution in [0.25, 0.3) is 0 Å². The summed E-state index contributed by atoms with van der Waals surface area (Å²) in [7, 11) is 0. The molecule has 0 nitrogen and oxygen atoms in total. The van der Waals surface area contributed by atoms with Gasteiger partial charge in [-0.05, 0) is 26.3 Å². The van der Waals surface area contributed by atoms with Crippen LogP contribution in [0.4, 0.5) is 23.5 Å². The molecule has 0 bridgehead atoms. The lowest BCUT2D eigenvalue weighted by Crippen LogP contribution is -0.963. The van der Waals surface area contributed by atoms with Crippen molar-refractivity contribution in [1.29, 1.82) is 0 Å². The molecular formula is C10H15F5S5. The van der Waals surface area contributed by atoms with Gasteiger partial charge in [0.05, 0.1) is 0 Å². The van der Waals surface area contributed by atoms with Gasteiger partial charge in [-0.2, -0.15) is 0 Å². The van der Waals surface area contributed by atoms with Gasteiger partial charge in [-0.3, -0.25) is 23.5 Å². The smallest absolute Gasteiger partial charge is 0.0413 e. The van der Waals surface area contributed by atoms with Gasteiger partial charge in [0.25, 0.3) is 0 Å². The number of hydrogen-bond donors (Lipinski definition) is 5. The van der Waals surface area contributed by atoms with Crippen molar-refractivity contribution in [2.75, 3.05) is 0 Å². The Balaban J connectivity index is -0.00000000735. The zero-order valence-electron chi connectivity index (χ0n) is 9.66. The summed E-state index contributed by atoms with van der Waals surface area (Å²) in [5, 5.41) is 9.72. The summed E-state index contributed by atoms with van der Waals surface area (Å²) in [5.41, 5.74) is 0. The van der Waals surface area contributed by atoms with Gasteiger partial charge >= 0.3 is 0 Å². The molecule has 120 valence electrons. The Morgan fingerprint density at radius 2 is 0.350 bits per heavy atom. The lowest BCUT2D eigenvalue weighted by Gasteiger charge is -1.22. The summed E-state index contributed by atoms with van der Waals surface area (Å²) in [6.07, 6.45) is 22.3. The van der Waals surface area contributed by atoms with E-state index in [4.69, 9.17) is 0 Å². The maximum atomic E-state index is 4.46.